The van der Waals surface area contributed by atoms with Gasteiger partial charge >= 0.3 is 0 Å². The van der Waals surface area contributed by atoms with Gasteiger partial charge in [0.05, 0.1) is 5.69 Å². The Morgan fingerprint density at radius 1 is 1.33 bits per heavy atom. The smallest absolute Gasteiger partial charge is 0.106 e. The van der Waals surface area contributed by atoms with Crippen molar-refractivity contribution in [3.8, 4) is 0 Å². The summed E-state index contributed by atoms with van der Waals surface area (Å²) in [6.45, 7) is 0.507. The molecule has 0 saturated heterocycles. The second-order valence-electron chi connectivity index (χ2n) is 3.20. The summed E-state index contributed by atoms with van der Waals surface area (Å²) in [5.74, 6) is 0. The van der Waals surface area contributed by atoms with Gasteiger partial charge in [-0.3, -0.25) is 0 Å². The number of rotatable bonds is 3. The van der Waals surface area contributed by atoms with Crippen LogP contribution in [0, 0.1) is 0 Å². The molecule has 0 fully saturated rings. The van der Waals surface area contributed by atoms with Crippen LogP contribution in [0.4, 0.5) is 0 Å². The largest absolute Gasteiger partial charge is 0.325 e. The van der Waals surface area contributed by atoms with Crippen LogP contribution in [0.5, 0.6) is 0 Å². The van der Waals surface area contributed by atoms with Crippen LogP contribution in [0.1, 0.15) is 16.3 Å². The van der Waals surface area contributed by atoms with Gasteiger partial charge in [-0.2, -0.15) is 0 Å². The van der Waals surface area contributed by atoms with Gasteiger partial charge in [0.25, 0.3) is 0 Å². The summed E-state index contributed by atoms with van der Waals surface area (Å²) >= 11 is 7.66. The van der Waals surface area contributed by atoms with Crippen LogP contribution in [0.25, 0.3) is 0 Å². The highest BCUT2D eigenvalue weighted by molar-refractivity contribution is 7.09. The molecule has 78 valence electrons. The quantitative estimate of drug-likeness (QED) is 0.893. The lowest BCUT2D eigenvalue weighted by Gasteiger charge is -2.00. The molecular formula is C11H11ClN2S. The second kappa shape index (κ2) is 4.75. The highest BCUT2D eigenvalue weighted by Gasteiger charge is 2.04. The highest BCUT2D eigenvalue weighted by Crippen LogP contribution is 2.19. The van der Waals surface area contributed by atoms with E-state index in [1.165, 1.54) is 0 Å². The van der Waals surface area contributed by atoms with E-state index >= 15 is 0 Å². The van der Waals surface area contributed by atoms with Crippen LogP contribution < -0.4 is 5.73 Å². The Labute approximate surface area is 97.7 Å². The van der Waals surface area contributed by atoms with Crippen molar-refractivity contribution in [2.75, 3.05) is 0 Å². The summed E-state index contributed by atoms with van der Waals surface area (Å²) in [6, 6.07) is 7.83. The SMILES string of the molecule is NCc1nc(Cc2ccccc2Cl)cs1. The molecule has 1 aromatic heterocycles. The lowest BCUT2D eigenvalue weighted by molar-refractivity contribution is 0.995. The fraction of sp³-hybridized carbons (Fsp3) is 0.182. The molecule has 1 heterocycles. The molecular weight excluding hydrogens is 228 g/mol. The van der Waals surface area contributed by atoms with Gasteiger partial charge in [0.15, 0.2) is 0 Å². The molecule has 2 nitrogen and oxygen atoms in total. The third-order valence-electron chi connectivity index (χ3n) is 2.10. The lowest BCUT2D eigenvalue weighted by atomic mass is 10.1. The number of benzene rings is 1. The number of hydrogen-bond donors (Lipinski definition) is 1. The van der Waals surface area contributed by atoms with Gasteiger partial charge in [0, 0.05) is 23.4 Å². The molecule has 1 aromatic carbocycles. The molecule has 4 heteroatoms. The average Bonchev–Trinajstić information content (AvgIpc) is 2.69. The zero-order chi connectivity index (χ0) is 10.7. The van der Waals surface area contributed by atoms with Gasteiger partial charge < -0.3 is 5.73 Å². The van der Waals surface area contributed by atoms with E-state index in [1.807, 2.05) is 29.6 Å². The monoisotopic (exact) mass is 238 g/mol. The summed E-state index contributed by atoms with van der Waals surface area (Å²) in [5, 5.41) is 3.79. The third-order valence-corrected chi connectivity index (χ3v) is 3.39. The molecule has 2 N–H and O–H groups in total. The van der Waals surface area contributed by atoms with E-state index in [0.717, 1.165) is 27.7 Å². The van der Waals surface area contributed by atoms with Crippen LogP contribution in [-0.2, 0) is 13.0 Å². The first-order valence-electron chi connectivity index (χ1n) is 4.66. The average molecular weight is 239 g/mol. The fourth-order valence-electron chi connectivity index (χ4n) is 1.36. The zero-order valence-corrected chi connectivity index (χ0v) is 9.68. The summed E-state index contributed by atoms with van der Waals surface area (Å²) in [6.07, 6.45) is 0.774. The first-order valence-corrected chi connectivity index (χ1v) is 5.92. The van der Waals surface area contributed by atoms with E-state index in [0.29, 0.717) is 6.54 Å². The molecule has 0 atom stereocenters. The predicted octanol–water partition coefficient (Wildman–Crippen LogP) is 2.85. The Bertz CT molecular complexity index is 453. The van der Waals surface area contributed by atoms with Crippen molar-refractivity contribution in [3.05, 3.63) is 50.9 Å². The molecule has 0 amide bonds. The maximum absolute atomic E-state index is 6.07. The summed E-state index contributed by atoms with van der Waals surface area (Å²) in [4.78, 5) is 4.40. The maximum atomic E-state index is 6.07. The molecule has 0 radical (unpaired) electrons. The summed E-state index contributed by atoms with van der Waals surface area (Å²) in [7, 11) is 0. The summed E-state index contributed by atoms with van der Waals surface area (Å²) < 4.78 is 0. The number of thiazole rings is 1. The minimum Gasteiger partial charge on any atom is -0.325 e. The minimum absolute atomic E-state index is 0.507. The van der Waals surface area contributed by atoms with Crippen LogP contribution in [0.3, 0.4) is 0 Å². The molecule has 0 bridgehead atoms. The fourth-order valence-corrected chi connectivity index (χ4v) is 2.24. The standard InChI is InChI=1S/C11H11ClN2S/c12-10-4-2-1-3-8(10)5-9-7-15-11(6-13)14-9/h1-4,7H,5-6,13H2. The van der Waals surface area contributed by atoms with Gasteiger partial charge in [-0.15, -0.1) is 11.3 Å². The predicted molar refractivity (Wildman–Crippen MR) is 64.3 cm³/mol. The van der Waals surface area contributed by atoms with E-state index in [-0.39, 0.29) is 0 Å². The van der Waals surface area contributed by atoms with Crippen molar-refractivity contribution in [1.29, 1.82) is 0 Å². The Morgan fingerprint density at radius 3 is 2.80 bits per heavy atom. The molecule has 0 saturated carbocycles. The molecule has 2 aromatic rings. The van der Waals surface area contributed by atoms with Crippen molar-refractivity contribution < 1.29 is 0 Å². The Hall–Kier alpha value is -0.900. The third kappa shape index (κ3) is 2.56. The van der Waals surface area contributed by atoms with Crippen LogP contribution in [0.15, 0.2) is 29.6 Å². The Balaban J connectivity index is 2.18. The Kier molecular flexibility index (Phi) is 3.36. The van der Waals surface area contributed by atoms with E-state index in [1.54, 1.807) is 11.3 Å². The van der Waals surface area contributed by atoms with E-state index in [4.69, 9.17) is 17.3 Å². The number of aromatic nitrogens is 1. The van der Waals surface area contributed by atoms with Crippen molar-refractivity contribution >= 4 is 22.9 Å². The van der Waals surface area contributed by atoms with Crippen molar-refractivity contribution in [1.82, 2.24) is 4.98 Å². The van der Waals surface area contributed by atoms with E-state index in [2.05, 4.69) is 4.98 Å². The number of nitrogens with zero attached hydrogens (tertiary/aromatic N) is 1. The van der Waals surface area contributed by atoms with Crippen molar-refractivity contribution in [2.45, 2.75) is 13.0 Å². The maximum Gasteiger partial charge on any atom is 0.106 e. The molecule has 0 spiro atoms. The van der Waals surface area contributed by atoms with Crippen molar-refractivity contribution in [3.63, 3.8) is 0 Å². The molecule has 0 aliphatic carbocycles. The van der Waals surface area contributed by atoms with Gasteiger partial charge in [-0.25, -0.2) is 4.98 Å². The number of nitrogens with two attached hydrogens (primary N) is 1. The second-order valence-corrected chi connectivity index (χ2v) is 4.55. The van der Waals surface area contributed by atoms with Crippen molar-refractivity contribution in [2.24, 2.45) is 5.73 Å². The van der Waals surface area contributed by atoms with Gasteiger partial charge in [-0.05, 0) is 11.6 Å². The van der Waals surface area contributed by atoms with Gasteiger partial charge in [0.1, 0.15) is 5.01 Å². The van der Waals surface area contributed by atoms with Crippen LogP contribution in [-0.4, -0.2) is 4.98 Å². The van der Waals surface area contributed by atoms with Crippen LogP contribution in [0.2, 0.25) is 5.02 Å². The topological polar surface area (TPSA) is 38.9 Å². The normalized spacial score (nSPS) is 10.5. The molecule has 2 rings (SSSR count). The van der Waals surface area contributed by atoms with Gasteiger partial charge in [-0.1, -0.05) is 29.8 Å². The number of hydrogen-bond acceptors (Lipinski definition) is 3. The lowest BCUT2D eigenvalue weighted by Crippen LogP contribution is -1.96. The molecule has 0 unspecified atom stereocenters. The zero-order valence-electron chi connectivity index (χ0n) is 8.11. The van der Waals surface area contributed by atoms with E-state index < -0.39 is 0 Å². The molecule has 0 aliphatic rings. The number of halogens is 1. The minimum atomic E-state index is 0.507. The highest BCUT2D eigenvalue weighted by atomic mass is 35.5. The Morgan fingerprint density at radius 2 is 2.13 bits per heavy atom. The first-order chi connectivity index (χ1) is 7.29. The molecule has 15 heavy (non-hydrogen) atoms. The first kappa shape index (κ1) is 10.6. The van der Waals surface area contributed by atoms with Gasteiger partial charge in [0.2, 0.25) is 0 Å². The van der Waals surface area contributed by atoms with E-state index in [9.17, 15) is 0 Å². The summed E-state index contributed by atoms with van der Waals surface area (Å²) in [5.41, 5.74) is 7.65. The van der Waals surface area contributed by atoms with Crippen LogP contribution >= 0.6 is 22.9 Å². The molecule has 0 aliphatic heterocycles.